The Kier molecular flexibility index (Phi) is 6.52. The molecule has 27 heavy (non-hydrogen) atoms. The SMILES string of the molecule is CC1CN(CCNC(=O)n2cc(CCN(C)C)c3ccccc32)CCN1C. The van der Waals surface area contributed by atoms with Crippen LogP contribution in [0.1, 0.15) is 12.5 Å². The van der Waals surface area contributed by atoms with Crippen LogP contribution in [0.15, 0.2) is 30.5 Å². The van der Waals surface area contributed by atoms with Crippen molar-refractivity contribution in [3.63, 3.8) is 0 Å². The van der Waals surface area contributed by atoms with Crippen molar-refractivity contribution in [3.8, 4) is 0 Å². The Hall–Kier alpha value is -1.89. The molecule has 0 aliphatic carbocycles. The Labute approximate surface area is 162 Å². The monoisotopic (exact) mass is 371 g/mol. The number of hydrogen-bond acceptors (Lipinski definition) is 4. The van der Waals surface area contributed by atoms with Gasteiger partial charge in [0.25, 0.3) is 0 Å². The summed E-state index contributed by atoms with van der Waals surface area (Å²) in [5.41, 5.74) is 2.21. The second kappa shape index (κ2) is 8.87. The summed E-state index contributed by atoms with van der Waals surface area (Å²) in [6.07, 6.45) is 2.94. The molecule has 1 atom stereocenters. The smallest absolute Gasteiger partial charge is 0.326 e. The molecule has 1 aromatic carbocycles. The topological polar surface area (TPSA) is 43.8 Å². The highest BCUT2D eigenvalue weighted by atomic mass is 16.2. The van der Waals surface area contributed by atoms with Gasteiger partial charge in [-0.15, -0.1) is 0 Å². The van der Waals surface area contributed by atoms with Gasteiger partial charge in [-0.3, -0.25) is 9.47 Å². The molecule has 3 rings (SSSR count). The highest BCUT2D eigenvalue weighted by Crippen LogP contribution is 2.21. The van der Waals surface area contributed by atoms with Crippen molar-refractivity contribution in [1.29, 1.82) is 0 Å². The van der Waals surface area contributed by atoms with Gasteiger partial charge in [0.15, 0.2) is 0 Å². The molecular formula is C21H33N5O. The van der Waals surface area contributed by atoms with Crippen LogP contribution < -0.4 is 5.32 Å². The van der Waals surface area contributed by atoms with Crippen LogP contribution in [0.3, 0.4) is 0 Å². The number of carbonyl (C=O) groups is 1. The second-order valence-electron chi connectivity index (χ2n) is 7.96. The number of nitrogens with one attached hydrogen (secondary N) is 1. The van der Waals surface area contributed by atoms with Crippen LogP contribution in [0.25, 0.3) is 10.9 Å². The van der Waals surface area contributed by atoms with E-state index in [1.54, 1.807) is 4.57 Å². The number of carbonyl (C=O) groups excluding carboxylic acids is 1. The first kappa shape index (κ1) is 19.9. The third-order valence-electron chi connectivity index (χ3n) is 5.59. The van der Waals surface area contributed by atoms with Gasteiger partial charge in [0.05, 0.1) is 5.52 Å². The van der Waals surface area contributed by atoms with E-state index in [9.17, 15) is 4.79 Å². The summed E-state index contributed by atoms with van der Waals surface area (Å²) >= 11 is 0. The van der Waals surface area contributed by atoms with Crippen LogP contribution in [-0.2, 0) is 6.42 Å². The van der Waals surface area contributed by atoms with Gasteiger partial charge in [0, 0.05) is 56.9 Å². The molecule has 2 heterocycles. The summed E-state index contributed by atoms with van der Waals surface area (Å²) in [6.45, 7) is 8.02. The molecule has 0 spiro atoms. The minimum absolute atomic E-state index is 0.0375. The number of benzene rings is 1. The van der Waals surface area contributed by atoms with E-state index in [0.717, 1.165) is 44.7 Å². The van der Waals surface area contributed by atoms with E-state index >= 15 is 0 Å². The van der Waals surface area contributed by atoms with Crippen LogP contribution in [0.2, 0.25) is 0 Å². The lowest BCUT2D eigenvalue weighted by atomic mass is 10.1. The largest absolute Gasteiger partial charge is 0.336 e. The van der Waals surface area contributed by atoms with E-state index in [2.05, 4.69) is 54.1 Å². The quantitative estimate of drug-likeness (QED) is 0.843. The lowest BCUT2D eigenvalue weighted by Crippen LogP contribution is -2.51. The predicted octanol–water partition coefficient (Wildman–Crippen LogP) is 1.94. The van der Waals surface area contributed by atoms with Crippen molar-refractivity contribution < 1.29 is 4.79 Å². The van der Waals surface area contributed by atoms with Crippen LogP contribution in [-0.4, -0.2) is 91.8 Å². The Morgan fingerprint density at radius 3 is 2.78 bits per heavy atom. The Balaban J connectivity index is 1.62. The number of para-hydroxylation sites is 1. The maximum Gasteiger partial charge on any atom is 0.326 e. The fourth-order valence-electron chi connectivity index (χ4n) is 3.69. The molecule has 2 aromatic rings. The van der Waals surface area contributed by atoms with E-state index in [-0.39, 0.29) is 6.03 Å². The van der Waals surface area contributed by atoms with Crippen molar-refractivity contribution in [1.82, 2.24) is 24.6 Å². The number of piperazine rings is 1. The van der Waals surface area contributed by atoms with Crippen molar-refractivity contribution in [3.05, 3.63) is 36.0 Å². The van der Waals surface area contributed by atoms with Crippen molar-refractivity contribution >= 4 is 16.9 Å². The molecule has 6 nitrogen and oxygen atoms in total. The van der Waals surface area contributed by atoms with Gasteiger partial charge in [-0.1, -0.05) is 18.2 Å². The molecule has 1 saturated heterocycles. The average molecular weight is 372 g/mol. The standard InChI is InChI=1S/C21H33N5O/c1-17-15-25(14-13-24(17)4)12-10-22-21(27)26-16-18(9-11-23(2)3)19-7-5-6-8-20(19)26/h5-8,16-17H,9-15H2,1-4H3,(H,22,27). The van der Waals surface area contributed by atoms with Gasteiger partial charge in [0.2, 0.25) is 0 Å². The Morgan fingerprint density at radius 1 is 1.26 bits per heavy atom. The zero-order chi connectivity index (χ0) is 19.4. The van der Waals surface area contributed by atoms with Crippen LogP contribution >= 0.6 is 0 Å². The first-order valence-corrected chi connectivity index (χ1v) is 9.90. The molecule has 1 fully saturated rings. The third-order valence-corrected chi connectivity index (χ3v) is 5.59. The summed E-state index contributed by atoms with van der Waals surface area (Å²) < 4.78 is 1.77. The van der Waals surface area contributed by atoms with Gasteiger partial charge in [-0.25, -0.2) is 4.79 Å². The lowest BCUT2D eigenvalue weighted by molar-refractivity contribution is 0.106. The van der Waals surface area contributed by atoms with Crippen LogP contribution in [0.4, 0.5) is 4.79 Å². The van der Waals surface area contributed by atoms with Crippen LogP contribution in [0.5, 0.6) is 0 Å². The van der Waals surface area contributed by atoms with Crippen molar-refractivity contribution in [2.75, 3.05) is 60.4 Å². The molecule has 1 aliphatic rings. The molecule has 1 amide bonds. The lowest BCUT2D eigenvalue weighted by Gasteiger charge is -2.37. The first-order chi connectivity index (χ1) is 13.0. The number of aromatic nitrogens is 1. The maximum absolute atomic E-state index is 12.8. The summed E-state index contributed by atoms with van der Waals surface area (Å²) in [6, 6.07) is 8.70. The highest BCUT2D eigenvalue weighted by molar-refractivity contribution is 5.93. The Bertz CT molecular complexity index is 769. The van der Waals surface area contributed by atoms with Gasteiger partial charge in [-0.05, 0) is 46.1 Å². The van der Waals surface area contributed by atoms with E-state index in [1.165, 1.54) is 10.9 Å². The fraction of sp³-hybridized carbons (Fsp3) is 0.571. The minimum Gasteiger partial charge on any atom is -0.336 e. The molecule has 148 valence electrons. The molecule has 1 aromatic heterocycles. The number of amides is 1. The molecule has 0 bridgehead atoms. The average Bonchev–Trinajstić information content (AvgIpc) is 3.02. The molecule has 1 aliphatic heterocycles. The zero-order valence-electron chi connectivity index (χ0n) is 17.1. The highest BCUT2D eigenvalue weighted by Gasteiger charge is 2.20. The van der Waals surface area contributed by atoms with Gasteiger partial charge in [0.1, 0.15) is 0 Å². The summed E-state index contributed by atoms with van der Waals surface area (Å²) in [7, 11) is 6.32. The van der Waals surface area contributed by atoms with Crippen molar-refractivity contribution in [2.24, 2.45) is 0 Å². The molecule has 0 radical (unpaired) electrons. The van der Waals surface area contributed by atoms with Crippen LogP contribution in [0, 0.1) is 0 Å². The third kappa shape index (κ3) is 4.89. The first-order valence-electron chi connectivity index (χ1n) is 9.90. The van der Waals surface area contributed by atoms with Gasteiger partial charge < -0.3 is 15.1 Å². The summed E-state index contributed by atoms with van der Waals surface area (Å²) in [5, 5.41) is 4.27. The Morgan fingerprint density at radius 2 is 2.04 bits per heavy atom. The minimum atomic E-state index is -0.0375. The maximum atomic E-state index is 12.8. The number of likely N-dealkylation sites (N-methyl/N-ethyl adjacent to an activating group) is 2. The summed E-state index contributed by atoms with van der Waals surface area (Å²) in [4.78, 5) is 19.8. The van der Waals surface area contributed by atoms with E-state index in [1.807, 2.05) is 24.4 Å². The fourth-order valence-corrected chi connectivity index (χ4v) is 3.69. The predicted molar refractivity (Wildman–Crippen MR) is 112 cm³/mol. The molecular weight excluding hydrogens is 338 g/mol. The number of nitrogens with zero attached hydrogens (tertiary/aromatic N) is 4. The van der Waals surface area contributed by atoms with Crippen molar-refractivity contribution in [2.45, 2.75) is 19.4 Å². The second-order valence-corrected chi connectivity index (χ2v) is 7.96. The zero-order valence-corrected chi connectivity index (χ0v) is 17.1. The molecule has 1 N–H and O–H groups in total. The molecule has 6 heteroatoms. The number of hydrogen-bond donors (Lipinski definition) is 1. The number of fused-ring (bicyclic) bond motifs is 1. The van der Waals surface area contributed by atoms with E-state index in [0.29, 0.717) is 12.6 Å². The molecule has 1 unspecified atom stereocenters. The van der Waals surface area contributed by atoms with Gasteiger partial charge in [-0.2, -0.15) is 0 Å². The molecule has 0 saturated carbocycles. The normalized spacial score (nSPS) is 19.1. The van der Waals surface area contributed by atoms with E-state index in [4.69, 9.17) is 0 Å². The van der Waals surface area contributed by atoms with Gasteiger partial charge >= 0.3 is 6.03 Å². The number of rotatable bonds is 6. The summed E-state index contributed by atoms with van der Waals surface area (Å²) in [5.74, 6) is 0. The van der Waals surface area contributed by atoms with E-state index < -0.39 is 0 Å².